The number of piperidine rings is 1. The van der Waals surface area contributed by atoms with E-state index < -0.39 is 0 Å². The molecule has 1 heterocycles. The highest BCUT2D eigenvalue weighted by Gasteiger charge is 2.30. The average Bonchev–Trinajstić information content (AvgIpc) is 2.83. The van der Waals surface area contributed by atoms with Crippen molar-refractivity contribution in [1.29, 1.82) is 5.26 Å². The highest BCUT2D eigenvalue weighted by Crippen LogP contribution is 2.35. The predicted molar refractivity (Wildman–Crippen MR) is 119 cm³/mol. The summed E-state index contributed by atoms with van der Waals surface area (Å²) in [5.74, 6) is 0.466. The van der Waals surface area contributed by atoms with Gasteiger partial charge in [-0.1, -0.05) is 24.3 Å². The Labute approximate surface area is 183 Å². The SMILES string of the molecule is CN(Cc1ccc(C(=O)N2CCCC3CCCC=C32)cc1)C(=O)c1cccc(C#N)c1. The van der Waals surface area contributed by atoms with Gasteiger partial charge in [0.2, 0.25) is 0 Å². The average molecular weight is 414 g/mol. The van der Waals surface area contributed by atoms with Gasteiger partial charge in [-0.25, -0.2) is 0 Å². The Bertz CT molecular complexity index is 1050. The predicted octanol–water partition coefficient (Wildman–Crippen LogP) is 4.75. The van der Waals surface area contributed by atoms with E-state index in [0.29, 0.717) is 29.2 Å². The zero-order chi connectivity index (χ0) is 21.8. The number of benzene rings is 2. The van der Waals surface area contributed by atoms with E-state index in [0.717, 1.165) is 24.9 Å². The van der Waals surface area contributed by atoms with Crippen molar-refractivity contribution in [2.24, 2.45) is 5.92 Å². The number of hydrogen-bond donors (Lipinski definition) is 0. The Kier molecular flexibility index (Phi) is 6.18. The molecule has 1 saturated heterocycles. The van der Waals surface area contributed by atoms with Crippen LogP contribution in [0.25, 0.3) is 0 Å². The Balaban J connectivity index is 1.43. The summed E-state index contributed by atoms with van der Waals surface area (Å²) in [5.41, 5.74) is 3.82. The van der Waals surface area contributed by atoms with Crippen LogP contribution >= 0.6 is 0 Å². The zero-order valence-electron chi connectivity index (χ0n) is 17.9. The van der Waals surface area contributed by atoms with E-state index >= 15 is 0 Å². The molecule has 0 spiro atoms. The fourth-order valence-electron chi connectivity index (χ4n) is 4.59. The molecule has 0 bridgehead atoms. The van der Waals surface area contributed by atoms with Gasteiger partial charge in [-0.2, -0.15) is 5.26 Å². The molecule has 5 nitrogen and oxygen atoms in total. The van der Waals surface area contributed by atoms with Gasteiger partial charge in [0.05, 0.1) is 11.6 Å². The molecular weight excluding hydrogens is 386 g/mol. The number of amides is 2. The van der Waals surface area contributed by atoms with Crippen LogP contribution in [-0.2, 0) is 6.54 Å². The lowest BCUT2D eigenvalue weighted by Crippen LogP contribution is -2.39. The van der Waals surface area contributed by atoms with E-state index in [4.69, 9.17) is 5.26 Å². The number of nitriles is 1. The molecule has 2 aliphatic rings. The van der Waals surface area contributed by atoms with E-state index in [2.05, 4.69) is 12.1 Å². The molecule has 31 heavy (non-hydrogen) atoms. The standard InChI is InChI=1S/C26H27N3O2/c1-28(25(30)23-8-4-6-20(16-23)17-27)18-19-11-13-22(14-12-19)26(31)29-15-5-9-21-7-2-3-10-24(21)29/h4,6,8,10-14,16,21H,2-3,5,7,9,15,18H2,1H3. The molecular formula is C26H27N3O2. The third-order valence-electron chi connectivity index (χ3n) is 6.23. The summed E-state index contributed by atoms with van der Waals surface area (Å²) in [4.78, 5) is 29.4. The van der Waals surface area contributed by atoms with Crippen LogP contribution in [0.1, 0.15) is 63.9 Å². The zero-order valence-corrected chi connectivity index (χ0v) is 17.9. The maximum absolute atomic E-state index is 13.1. The fourth-order valence-corrected chi connectivity index (χ4v) is 4.59. The fraction of sp³-hybridized carbons (Fsp3) is 0.346. The van der Waals surface area contributed by atoms with Crippen molar-refractivity contribution in [3.05, 3.63) is 82.6 Å². The smallest absolute Gasteiger partial charge is 0.258 e. The molecule has 4 rings (SSSR count). The van der Waals surface area contributed by atoms with Gasteiger partial charge in [-0.15, -0.1) is 0 Å². The van der Waals surface area contributed by atoms with E-state index in [9.17, 15) is 9.59 Å². The third kappa shape index (κ3) is 4.54. The van der Waals surface area contributed by atoms with Crippen LogP contribution in [0.3, 0.4) is 0 Å². The molecule has 1 atom stereocenters. The van der Waals surface area contributed by atoms with Gasteiger partial charge in [-0.05, 0) is 73.9 Å². The van der Waals surface area contributed by atoms with Gasteiger partial charge in [0.15, 0.2) is 0 Å². The second kappa shape index (κ2) is 9.18. The lowest BCUT2D eigenvalue weighted by atomic mass is 9.84. The van der Waals surface area contributed by atoms with Gasteiger partial charge >= 0.3 is 0 Å². The Morgan fingerprint density at radius 3 is 2.65 bits per heavy atom. The minimum atomic E-state index is -0.138. The van der Waals surface area contributed by atoms with Crippen LogP contribution in [0.15, 0.2) is 60.3 Å². The molecule has 1 unspecified atom stereocenters. The second-order valence-corrected chi connectivity index (χ2v) is 8.41. The summed E-state index contributed by atoms with van der Waals surface area (Å²) in [6, 6.07) is 16.3. The molecule has 1 fully saturated rings. The monoisotopic (exact) mass is 413 g/mol. The number of carbonyl (C=O) groups excluding carboxylic acids is 2. The quantitative estimate of drug-likeness (QED) is 0.726. The summed E-state index contributed by atoms with van der Waals surface area (Å²) in [7, 11) is 1.74. The molecule has 5 heteroatoms. The molecule has 0 aromatic heterocycles. The van der Waals surface area contributed by atoms with E-state index in [1.165, 1.54) is 25.0 Å². The van der Waals surface area contributed by atoms with Crippen molar-refractivity contribution in [3.63, 3.8) is 0 Å². The van der Waals surface area contributed by atoms with Gasteiger partial charge in [0, 0.05) is 37.0 Å². The number of likely N-dealkylation sites (tertiary alicyclic amines) is 1. The van der Waals surface area contributed by atoms with Gasteiger partial charge < -0.3 is 9.80 Å². The first-order chi connectivity index (χ1) is 15.1. The van der Waals surface area contributed by atoms with E-state index in [1.54, 1.807) is 36.2 Å². The van der Waals surface area contributed by atoms with Crippen molar-refractivity contribution >= 4 is 11.8 Å². The summed E-state index contributed by atoms with van der Waals surface area (Å²) >= 11 is 0. The summed E-state index contributed by atoms with van der Waals surface area (Å²) in [6.45, 7) is 1.23. The van der Waals surface area contributed by atoms with Crippen LogP contribution < -0.4 is 0 Å². The van der Waals surface area contributed by atoms with E-state index in [-0.39, 0.29) is 11.8 Å². The molecule has 2 amide bonds. The lowest BCUT2D eigenvalue weighted by molar-refractivity contribution is 0.0746. The number of allylic oxidation sites excluding steroid dienone is 2. The molecule has 0 saturated carbocycles. The third-order valence-corrected chi connectivity index (χ3v) is 6.23. The van der Waals surface area contributed by atoms with Crippen LogP contribution in [-0.4, -0.2) is 35.2 Å². The molecule has 0 radical (unpaired) electrons. The second-order valence-electron chi connectivity index (χ2n) is 8.41. The molecule has 158 valence electrons. The largest absolute Gasteiger partial charge is 0.337 e. The number of nitrogens with zero attached hydrogens (tertiary/aromatic N) is 3. The van der Waals surface area contributed by atoms with Gasteiger partial charge in [0.25, 0.3) is 11.8 Å². The maximum atomic E-state index is 13.1. The Morgan fingerprint density at radius 2 is 1.87 bits per heavy atom. The van der Waals surface area contributed by atoms with E-state index in [1.807, 2.05) is 29.2 Å². The van der Waals surface area contributed by atoms with Crippen molar-refractivity contribution in [3.8, 4) is 6.07 Å². The topological polar surface area (TPSA) is 64.4 Å². The van der Waals surface area contributed by atoms with Crippen LogP contribution in [0.4, 0.5) is 0 Å². The lowest BCUT2D eigenvalue weighted by Gasteiger charge is -2.38. The molecule has 2 aromatic rings. The van der Waals surface area contributed by atoms with Crippen molar-refractivity contribution in [1.82, 2.24) is 9.80 Å². The molecule has 1 aliphatic heterocycles. The van der Waals surface area contributed by atoms with Crippen molar-refractivity contribution in [2.45, 2.75) is 38.6 Å². The summed E-state index contributed by atoms with van der Waals surface area (Å²) < 4.78 is 0. The highest BCUT2D eigenvalue weighted by molar-refractivity contribution is 5.96. The highest BCUT2D eigenvalue weighted by atomic mass is 16.2. The number of carbonyl (C=O) groups is 2. The summed E-state index contributed by atoms with van der Waals surface area (Å²) in [6.07, 6.45) is 7.97. The van der Waals surface area contributed by atoms with Crippen LogP contribution in [0, 0.1) is 17.2 Å². The molecule has 1 aliphatic carbocycles. The molecule has 2 aromatic carbocycles. The Morgan fingerprint density at radius 1 is 1.10 bits per heavy atom. The number of fused-ring (bicyclic) bond motifs is 1. The minimum Gasteiger partial charge on any atom is -0.337 e. The summed E-state index contributed by atoms with van der Waals surface area (Å²) in [5, 5.41) is 9.04. The minimum absolute atomic E-state index is 0.0714. The van der Waals surface area contributed by atoms with Gasteiger partial charge in [-0.3, -0.25) is 9.59 Å². The first-order valence-corrected chi connectivity index (χ1v) is 10.9. The normalized spacial score (nSPS) is 17.9. The maximum Gasteiger partial charge on any atom is 0.258 e. The molecule has 0 N–H and O–H groups in total. The number of rotatable bonds is 4. The first kappa shape index (κ1) is 20.9. The van der Waals surface area contributed by atoms with Crippen LogP contribution in [0.5, 0.6) is 0 Å². The van der Waals surface area contributed by atoms with Crippen molar-refractivity contribution < 1.29 is 9.59 Å². The van der Waals surface area contributed by atoms with Crippen molar-refractivity contribution in [2.75, 3.05) is 13.6 Å². The Hall–Kier alpha value is -3.39. The first-order valence-electron chi connectivity index (χ1n) is 10.9. The van der Waals surface area contributed by atoms with Crippen LogP contribution in [0.2, 0.25) is 0 Å². The van der Waals surface area contributed by atoms with Gasteiger partial charge in [0.1, 0.15) is 0 Å². The number of hydrogen-bond acceptors (Lipinski definition) is 3.